The van der Waals surface area contributed by atoms with E-state index in [1.807, 2.05) is 11.6 Å². The van der Waals surface area contributed by atoms with E-state index >= 15 is 0 Å². The van der Waals surface area contributed by atoms with E-state index in [4.69, 9.17) is 5.73 Å². The summed E-state index contributed by atoms with van der Waals surface area (Å²) in [7, 11) is 0. The number of hydrogen-bond donors (Lipinski definition) is 1. The van der Waals surface area contributed by atoms with Crippen molar-refractivity contribution in [3.63, 3.8) is 0 Å². The van der Waals surface area contributed by atoms with Gasteiger partial charge in [-0.2, -0.15) is 0 Å². The fraction of sp³-hybridized carbons (Fsp3) is 0.579. The summed E-state index contributed by atoms with van der Waals surface area (Å²) in [6.45, 7) is 3.96. The lowest BCUT2D eigenvalue weighted by atomic mass is 9.85. The third-order valence-corrected chi connectivity index (χ3v) is 7.28. The summed E-state index contributed by atoms with van der Waals surface area (Å²) in [6.07, 6.45) is 7.00. The highest BCUT2D eigenvalue weighted by Gasteiger charge is 2.58. The molecule has 2 aliphatic heterocycles. The van der Waals surface area contributed by atoms with Crippen LogP contribution in [-0.2, 0) is 9.59 Å². The van der Waals surface area contributed by atoms with Gasteiger partial charge in [0, 0.05) is 44.3 Å². The first-order valence-electron chi connectivity index (χ1n) is 9.86. The summed E-state index contributed by atoms with van der Waals surface area (Å²) in [6, 6.07) is 0. The minimum atomic E-state index is -0.136. The average Bonchev–Trinajstić information content (AvgIpc) is 3.49. The second-order valence-electron chi connectivity index (χ2n) is 7.86. The van der Waals surface area contributed by atoms with Gasteiger partial charge in [0.2, 0.25) is 11.8 Å². The largest absolute Gasteiger partial charge is 0.370 e. The quantitative estimate of drug-likeness (QED) is 0.340. The summed E-state index contributed by atoms with van der Waals surface area (Å²) in [4.78, 5) is 39.9. The number of allylic oxidation sites excluding steroid dienone is 2. The van der Waals surface area contributed by atoms with Crippen LogP contribution in [0.3, 0.4) is 0 Å². The molecule has 2 amide bonds. The Hall–Kier alpha value is -2.42. The number of hydrogen-bond acceptors (Lipinski definition) is 6. The highest BCUT2D eigenvalue weighted by molar-refractivity contribution is 7.13. The van der Waals surface area contributed by atoms with E-state index in [0.29, 0.717) is 19.0 Å². The van der Waals surface area contributed by atoms with Crippen molar-refractivity contribution in [2.75, 3.05) is 44.2 Å². The summed E-state index contributed by atoms with van der Waals surface area (Å²) in [5.74, 6) is 0.680. The molecule has 3 heterocycles. The Labute approximate surface area is 167 Å². The van der Waals surface area contributed by atoms with Crippen molar-refractivity contribution in [3.05, 3.63) is 23.7 Å². The van der Waals surface area contributed by atoms with Crippen molar-refractivity contribution in [1.29, 1.82) is 0 Å². The van der Waals surface area contributed by atoms with Crippen LogP contribution >= 0.6 is 11.3 Å². The minimum absolute atomic E-state index is 0.0160. The number of imide groups is 1. The van der Waals surface area contributed by atoms with E-state index in [1.54, 1.807) is 11.3 Å². The Kier molecular flexibility index (Phi) is 4.34. The summed E-state index contributed by atoms with van der Waals surface area (Å²) >= 11 is 1.64. The van der Waals surface area contributed by atoms with Gasteiger partial charge in [-0.1, -0.05) is 12.2 Å². The zero-order chi connectivity index (χ0) is 19.3. The Morgan fingerprint density at radius 3 is 2.43 bits per heavy atom. The number of anilines is 1. The third-order valence-electron chi connectivity index (χ3n) is 6.45. The molecule has 2 bridgehead atoms. The van der Waals surface area contributed by atoms with Crippen LogP contribution in [-0.4, -0.2) is 71.8 Å². The van der Waals surface area contributed by atoms with Gasteiger partial charge in [0.05, 0.1) is 18.4 Å². The Balaban J connectivity index is 1.14. The fourth-order valence-electron chi connectivity index (χ4n) is 5.05. The van der Waals surface area contributed by atoms with Crippen LogP contribution in [0.5, 0.6) is 0 Å². The molecule has 1 aromatic rings. The molecule has 0 radical (unpaired) electrons. The molecule has 2 aliphatic carbocycles. The van der Waals surface area contributed by atoms with E-state index in [0.717, 1.165) is 37.7 Å². The standard InChI is InChI=1S/C19H24N6O2S/c20-18(23-6-8-24(9-7-23)19-22-4-10-28-19)21-3-5-25-16(26)14-12-1-2-13(11-12)15(14)17(25)27/h1-2,4,10,12-15H,3,5-9,11H2,(H2,20,21). The van der Waals surface area contributed by atoms with Crippen molar-refractivity contribution in [3.8, 4) is 0 Å². The van der Waals surface area contributed by atoms with Crippen LogP contribution in [0, 0.1) is 23.7 Å². The predicted molar refractivity (Wildman–Crippen MR) is 107 cm³/mol. The highest BCUT2D eigenvalue weighted by Crippen LogP contribution is 2.52. The summed E-state index contributed by atoms with van der Waals surface area (Å²) in [5.41, 5.74) is 6.16. The number of aromatic nitrogens is 1. The molecule has 2 saturated heterocycles. The molecule has 0 aromatic carbocycles. The molecular formula is C19H24N6O2S. The lowest BCUT2D eigenvalue weighted by Gasteiger charge is -2.35. The lowest BCUT2D eigenvalue weighted by Crippen LogP contribution is -2.51. The van der Waals surface area contributed by atoms with Crippen LogP contribution in [0.25, 0.3) is 0 Å². The monoisotopic (exact) mass is 400 g/mol. The zero-order valence-corrected chi connectivity index (χ0v) is 16.4. The molecule has 5 rings (SSSR count). The van der Waals surface area contributed by atoms with Crippen LogP contribution in [0.4, 0.5) is 5.13 Å². The van der Waals surface area contributed by atoms with E-state index in [9.17, 15) is 9.59 Å². The molecule has 0 spiro atoms. The van der Waals surface area contributed by atoms with Gasteiger partial charge in [-0.05, 0) is 18.3 Å². The molecule has 9 heteroatoms. The number of likely N-dealkylation sites (tertiary alicyclic amines) is 1. The Bertz CT molecular complexity index is 799. The van der Waals surface area contributed by atoms with Crippen molar-refractivity contribution < 1.29 is 9.59 Å². The number of thiazole rings is 1. The van der Waals surface area contributed by atoms with Crippen molar-refractivity contribution in [2.45, 2.75) is 6.42 Å². The van der Waals surface area contributed by atoms with Crippen LogP contribution in [0.15, 0.2) is 28.7 Å². The third kappa shape index (κ3) is 2.80. The van der Waals surface area contributed by atoms with Crippen LogP contribution < -0.4 is 10.6 Å². The molecule has 1 saturated carbocycles. The topological polar surface area (TPSA) is 95.1 Å². The van der Waals surface area contributed by atoms with Gasteiger partial charge in [0.25, 0.3) is 0 Å². The first kappa shape index (κ1) is 17.7. The number of nitrogens with two attached hydrogens (primary N) is 1. The SMILES string of the molecule is NC(=NCCN1C(=O)C2C3C=CC(C3)C2C1=O)N1CCN(c2nccs2)CC1. The average molecular weight is 401 g/mol. The van der Waals surface area contributed by atoms with Gasteiger partial charge >= 0.3 is 0 Å². The molecule has 4 atom stereocenters. The van der Waals surface area contributed by atoms with E-state index in [-0.39, 0.29) is 35.5 Å². The molecule has 3 fully saturated rings. The van der Waals surface area contributed by atoms with Crippen molar-refractivity contribution >= 4 is 34.2 Å². The number of fused-ring (bicyclic) bond motifs is 5. The lowest BCUT2D eigenvalue weighted by molar-refractivity contribution is -0.140. The molecule has 2 N–H and O–H groups in total. The number of aliphatic imine (C=N–C) groups is 1. The maximum Gasteiger partial charge on any atom is 0.233 e. The van der Waals surface area contributed by atoms with E-state index in [2.05, 4.69) is 31.9 Å². The number of carbonyl (C=O) groups is 2. The summed E-state index contributed by atoms with van der Waals surface area (Å²) in [5, 5.41) is 3.02. The molecule has 148 valence electrons. The van der Waals surface area contributed by atoms with E-state index < -0.39 is 0 Å². The van der Waals surface area contributed by atoms with Gasteiger partial charge in [-0.3, -0.25) is 19.5 Å². The van der Waals surface area contributed by atoms with Gasteiger partial charge in [-0.15, -0.1) is 11.3 Å². The highest BCUT2D eigenvalue weighted by atomic mass is 32.1. The van der Waals surface area contributed by atoms with Crippen molar-refractivity contribution in [2.24, 2.45) is 34.4 Å². The minimum Gasteiger partial charge on any atom is -0.370 e. The first-order valence-corrected chi connectivity index (χ1v) is 10.7. The molecule has 4 aliphatic rings. The molecule has 1 aromatic heterocycles. The number of guanidine groups is 1. The Morgan fingerprint density at radius 2 is 1.82 bits per heavy atom. The molecule has 4 unspecified atom stereocenters. The Morgan fingerprint density at radius 1 is 1.14 bits per heavy atom. The fourth-order valence-corrected chi connectivity index (χ4v) is 5.74. The van der Waals surface area contributed by atoms with Gasteiger partial charge in [0.1, 0.15) is 0 Å². The van der Waals surface area contributed by atoms with Gasteiger partial charge < -0.3 is 15.5 Å². The zero-order valence-electron chi connectivity index (χ0n) is 15.6. The van der Waals surface area contributed by atoms with Gasteiger partial charge in [-0.25, -0.2) is 4.98 Å². The number of rotatable bonds is 4. The molecule has 8 nitrogen and oxygen atoms in total. The maximum atomic E-state index is 12.7. The number of carbonyl (C=O) groups excluding carboxylic acids is 2. The number of piperazine rings is 1. The first-order chi connectivity index (χ1) is 13.6. The molecular weight excluding hydrogens is 376 g/mol. The van der Waals surface area contributed by atoms with Crippen LogP contribution in [0.1, 0.15) is 6.42 Å². The summed E-state index contributed by atoms with van der Waals surface area (Å²) < 4.78 is 0. The maximum absolute atomic E-state index is 12.7. The second kappa shape index (κ2) is 6.88. The number of nitrogens with zero attached hydrogens (tertiary/aromatic N) is 5. The van der Waals surface area contributed by atoms with E-state index in [1.165, 1.54) is 4.90 Å². The van der Waals surface area contributed by atoms with Crippen LogP contribution in [0.2, 0.25) is 0 Å². The predicted octanol–water partition coefficient (Wildman–Crippen LogP) is 0.387. The second-order valence-corrected chi connectivity index (χ2v) is 8.73. The smallest absolute Gasteiger partial charge is 0.233 e. The molecule has 28 heavy (non-hydrogen) atoms. The van der Waals surface area contributed by atoms with Gasteiger partial charge in [0.15, 0.2) is 11.1 Å². The normalized spacial score (nSPS) is 32.0. The van der Waals surface area contributed by atoms with Crippen molar-refractivity contribution in [1.82, 2.24) is 14.8 Å². The number of amides is 2.